The monoisotopic (exact) mass is 612 g/mol. The molecule has 1 saturated carbocycles. The summed E-state index contributed by atoms with van der Waals surface area (Å²) in [6, 6.07) is 28.0. The Labute approximate surface area is 266 Å². The van der Waals surface area contributed by atoms with Crippen LogP contribution in [0.3, 0.4) is 0 Å². The zero-order chi connectivity index (χ0) is 31.4. The molecule has 3 aromatic rings. The molecule has 0 saturated heterocycles. The number of carbonyl (C=O) groups is 1. The van der Waals surface area contributed by atoms with Crippen molar-refractivity contribution in [3.8, 4) is 28.0 Å². The van der Waals surface area contributed by atoms with Gasteiger partial charge in [0, 0.05) is 0 Å². The van der Waals surface area contributed by atoms with Crippen molar-refractivity contribution in [2.45, 2.75) is 95.3 Å². The van der Waals surface area contributed by atoms with Gasteiger partial charge in [-0.2, -0.15) is 0 Å². The lowest BCUT2D eigenvalue weighted by molar-refractivity contribution is -0.139. The van der Waals surface area contributed by atoms with Gasteiger partial charge in [-0.05, 0) is 83.5 Å². The van der Waals surface area contributed by atoms with E-state index in [0.717, 1.165) is 36.5 Å². The van der Waals surface area contributed by atoms with E-state index in [9.17, 15) is 4.79 Å². The number of hydrogen-bond acceptors (Lipinski definition) is 4. The molecule has 1 N–H and O–H groups in total. The first-order valence-corrected chi connectivity index (χ1v) is 20.0. The van der Waals surface area contributed by atoms with Crippen molar-refractivity contribution in [2.24, 2.45) is 0 Å². The number of carbonyl (C=O) groups excluding carboxylic acids is 1. The molecule has 0 bridgehead atoms. The van der Waals surface area contributed by atoms with Crippen LogP contribution in [0.5, 0.6) is 5.75 Å². The highest BCUT2D eigenvalue weighted by atomic mass is 28.3. The van der Waals surface area contributed by atoms with E-state index in [-0.39, 0.29) is 12.2 Å². The van der Waals surface area contributed by atoms with Crippen molar-refractivity contribution in [3.63, 3.8) is 0 Å². The van der Waals surface area contributed by atoms with E-state index in [1.807, 2.05) is 12.1 Å². The molecule has 1 aliphatic carbocycles. The highest BCUT2D eigenvalue weighted by Gasteiger charge is 2.34. The molecule has 0 radical (unpaired) electrons. The highest BCUT2D eigenvalue weighted by molar-refractivity contribution is 6.78. The topological polar surface area (TPSA) is 55.8 Å². The van der Waals surface area contributed by atoms with Crippen molar-refractivity contribution >= 4 is 14.0 Å². The minimum atomic E-state index is -1.08. The lowest BCUT2D eigenvalue weighted by atomic mass is 9.83. The first-order valence-electron chi connectivity index (χ1n) is 16.7. The number of ether oxygens (including phenoxy) is 2. The average Bonchev–Trinajstić information content (AvgIpc) is 3.07. The molecule has 0 heterocycles. The van der Waals surface area contributed by atoms with Crippen LogP contribution < -0.4 is 4.74 Å². The van der Waals surface area contributed by atoms with Gasteiger partial charge in [0.25, 0.3) is 0 Å². The summed E-state index contributed by atoms with van der Waals surface area (Å²) in [6.07, 6.45) is 10.8. The Balaban J connectivity index is 1.21. The van der Waals surface area contributed by atoms with Gasteiger partial charge in [0.05, 0.1) is 33.5 Å². The molecule has 4 nitrogen and oxygen atoms in total. The second-order valence-corrected chi connectivity index (χ2v) is 18.5. The van der Waals surface area contributed by atoms with Gasteiger partial charge in [0.1, 0.15) is 5.75 Å². The molecule has 5 heteroatoms. The number of aliphatic hydroxyl groups is 1. The van der Waals surface area contributed by atoms with Crippen molar-refractivity contribution in [3.05, 3.63) is 90.5 Å². The summed E-state index contributed by atoms with van der Waals surface area (Å²) in [5.41, 5.74) is 7.50. The molecular weight excluding hydrogens is 561 g/mol. The van der Waals surface area contributed by atoms with E-state index in [1.54, 1.807) is 0 Å². The summed E-state index contributed by atoms with van der Waals surface area (Å²) in [7, 11) is -1.08. The molecule has 1 fully saturated rings. The summed E-state index contributed by atoms with van der Waals surface area (Å²) in [5.74, 6) is 1.05. The van der Waals surface area contributed by atoms with Crippen molar-refractivity contribution < 1.29 is 19.4 Å². The number of unbranched alkanes of at least 4 members (excludes halogenated alkanes) is 3. The molecule has 3 aromatic carbocycles. The smallest absolute Gasteiger partial charge is 0.335 e. The summed E-state index contributed by atoms with van der Waals surface area (Å²) >= 11 is 0. The Bertz CT molecular complexity index is 1300. The van der Waals surface area contributed by atoms with Gasteiger partial charge < -0.3 is 14.6 Å². The molecule has 4 rings (SSSR count). The maximum absolute atomic E-state index is 11.5. The van der Waals surface area contributed by atoms with Crippen LogP contribution >= 0.6 is 0 Å². The second kappa shape index (κ2) is 16.8. The molecule has 0 atom stereocenters. The van der Waals surface area contributed by atoms with Gasteiger partial charge in [-0.25, -0.2) is 4.79 Å². The maximum atomic E-state index is 11.5. The molecule has 44 heavy (non-hydrogen) atoms. The van der Waals surface area contributed by atoms with Gasteiger partial charge in [0.15, 0.2) is 0 Å². The predicted molar refractivity (Wildman–Crippen MR) is 186 cm³/mol. The van der Waals surface area contributed by atoms with E-state index < -0.39 is 14.0 Å². The fraction of sp³-hybridized carbons (Fsp3) is 0.462. The number of esters is 1. The third-order valence-electron chi connectivity index (χ3n) is 9.57. The third kappa shape index (κ3) is 9.67. The Morgan fingerprint density at radius 3 is 1.84 bits per heavy atom. The zero-order valence-electron chi connectivity index (χ0n) is 27.2. The van der Waals surface area contributed by atoms with E-state index in [0.29, 0.717) is 13.2 Å². The predicted octanol–water partition coefficient (Wildman–Crippen LogP) is 10.2. The second-order valence-electron chi connectivity index (χ2n) is 13.2. The Morgan fingerprint density at radius 1 is 0.773 bits per heavy atom. The van der Waals surface area contributed by atoms with Crippen LogP contribution in [0.2, 0.25) is 24.7 Å². The third-order valence-corrected chi connectivity index (χ3v) is 14.0. The van der Waals surface area contributed by atoms with Gasteiger partial charge in [-0.1, -0.05) is 119 Å². The normalized spacial score (nSPS) is 16.8. The maximum Gasteiger partial charge on any atom is 0.335 e. The van der Waals surface area contributed by atoms with E-state index in [1.165, 1.54) is 72.4 Å². The largest absolute Gasteiger partial charge is 0.494 e. The molecule has 0 amide bonds. The lowest BCUT2D eigenvalue weighted by Crippen LogP contribution is -2.34. The first-order chi connectivity index (χ1) is 21.3. The molecule has 0 aliphatic heterocycles. The molecular formula is C39H52O4Si. The van der Waals surface area contributed by atoms with Gasteiger partial charge in [-0.3, -0.25) is 0 Å². The van der Waals surface area contributed by atoms with Crippen molar-refractivity contribution in [1.82, 2.24) is 0 Å². The molecule has 0 unspecified atom stereocenters. The van der Waals surface area contributed by atoms with Crippen LogP contribution in [0.15, 0.2) is 84.9 Å². The van der Waals surface area contributed by atoms with Crippen LogP contribution in [0.25, 0.3) is 22.3 Å². The van der Waals surface area contributed by atoms with Gasteiger partial charge in [-0.15, -0.1) is 0 Å². The van der Waals surface area contributed by atoms with Gasteiger partial charge >= 0.3 is 5.97 Å². The van der Waals surface area contributed by atoms with Crippen LogP contribution in [-0.4, -0.2) is 39.0 Å². The summed E-state index contributed by atoms with van der Waals surface area (Å²) in [6.45, 7) is 11.6. The Kier molecular flexibility index (Phi) is 12.9. The summed E-state index contributed by atoms with van der Waals surface area (Å²) in [4.78, 5) is 11.5. The quantitative estimate of drug-likeness (QED) is 0.0757. The SMILES string of the molecule is C=C(CO)C(=O)OCCCCCOc1ccc(-c2ccc(-c3ccc(C4CCC([Si](C)(C)CCCC)CC4)cc3)cc2)cc1. The summed E-state index contributed by atoms with van der Waals surface area (Å²) in [5, 5.41) is 8.88. The highest BCUT2D eigenvalue weighted by Crippen LogP contribution is 2.45. The number of aliphatic hydroxyl groups excluding tert-OH is 1. The van der Waals surface area contributed by atoms with Crippen LogP contribution in [0.4, 0.5) is 0 Å². The van der Waals surface area contributed by atoms with E-state index in [4.69, 9.17) is 14.6 Å². The van der Waals surface area contributed by atoms with E-state index >= 15 is 0 Å². The first kappa shape index (κ1) is 33.7. The van der Waals surface area contributed by atoms with Crippen LogP contribution in [-0.2, 0) is 9.53 Å². The van der Waals surface area contributed by atoms with Crippen LogP contribution in [0, 0.1) is 0 Å². The van der Waals surface area contributed by atoms with Crippen molar-refractivity contribution in [1.29, 1.82) is 0 Å². The van der Waals surface area contributed by atoms with Crippen LogP contribution in [0.1, 0.15) is 76.2 Å². The van der Waals surface area contributed by atoms with Gasteiger partial charge in [0.2, 0.25) is 0 Å². The summed E-state index contributed by atoms with van der Waals surface area (Å²) < 4.78 is 10.9. The molecule has 0 spiro atoms. The molecule has 1 aliphatic rings. The fourth-order valence-electron chi connectivity index (χ4n) is 6.49. The lowest BCUT2D eigenvalue weighted by Gasteiger charge is -2.38. The van der Waals surface area contributed by atoms with Crippen molar-refractivity contribution in [2.75, 3.05) is 19.8 Å². The fourth-order valence-corrected chi connectivity index (χ4v) is 10.1. The van der Waals surface area contributed by atoms with E-state index in [2.05, 4.69) is 87.3 Å². The number of rotatable bonds is 16. The molecule has 236 valence electrons. The number of benzene rings is 3. The number of hydrogen-bond donors (Lipinski definition) is 1. The Morgan fingerprint density at radius 2 is 1.30 bits per heavy atom. The minimum Gasteiger partial charge on any atom is -0.494 e. The minimum absolute atomic E-state index is 0.0863. The Hall–Kier alpha value is -3.15. The average molecular weight is 613 g/mol. The standard InChI is InChI=1S/C39H52O4Si/c1-5-6-28-44(3,4)38-24-20-36(21-25-38)34-16-12-32(13-17-34)31-10-14-33(15-11-31)35-18-22-37(23-19-35)42-26-8-7-9-27-43-39(41)30(2)29-40/h10-19,22-23,36,38,40H,2,5-9,20-21,24-29H2,1,3-4H3. The molecule has 0 aromatic heterocycles. The zero-order valence-corrected chi connectivity index (χ0v) is 28.2.